The van der Waals surface area contributed by atoms with Crippen molar-refractivity contribution in [3.8, 4) is 0 Å². The first-order chi connectivity index (χ1) is 13.1. The monoisotopic (exact) mass is 369 g/mol. The Hall–Kier alpha value is -3.22. The van der Waals surface area contributed by atoms with Crippen molar-refractivity contribution in [1.82, 2.24) is 15.5 Å². The summed E-state index contributed by atoms with van der Waals surface area (Å²) in [7, 11) is 0. The van der Waals surface area contributed by atoms with E-state index < -0.39 is 0 Å². The van der Waals surface area contributed by atoms with Crippen LogP contribution in [0.4, 0.5) is 9.18 Å². The molecule has 0 spiro atoms. The van der Waals surface area contributed by atoms with Crippen molar-refractivity contribution in [1.29, 1.82) is 0 Å². The quantitative estimate of drug-likeness (QED) is 0.581. The normalized spacial score (nSPS) is 12.9. The molecule has 0 bridgehead atoms. The second-order valence-electron chi connectivity index (χ2n) is 6.19. The summed E-state index contributed by atoms with van der Waals surface area (Å²) in [5.74, 6) is -0.893. The first-order valence-corrected chi connectivity index (χ1v) is 8.78. The number of nitrogens with zero attached hydrogens (tertiary/aromatic N) is 1. The molecule has 0 unspecified atom stereocenters. The van der Waals surface area contributed by atoms with Crippen LogP contribution in [0.2, 0.25) is 0 Å². The Balaban J connectivity index is 1.36. The lowest BCUT2D eigenvalue weighted by Gasteiger charge is -2.14. The van der Waals surface area contributed by atoms with Gasteiger partial charge in [-0.3, -0.25) is 14.5 Å². The Morgan fingerprint density at radius 1 is 0.889 bits per heavy atom. The molecule has 0 fully saturated rings. The standard InChI is InChI=1S/C20H20FN3O3/c21-17-9-4-1-6-14(17)10-12-23-20(27)22-11-5-13-24-18(25)15-7-2-3-8-16(15)19(24)26/h1-4,6-9H,5,10-13H2,(H2,22,23,27). The van der Waals surface area contributed by atoms with Crippen molar-refractivity contribution in [3.05, 3.63) is 71.0 Å². The number of nitrogens with one attached hydrogen (secondary N) is 2. The van der Waals surface area contributed by atoms with Crippen LogP contribution in [0, 0.1) is 5.82 Å². The Morgan fingerprint density at radius 3 is 2.15 bits per heavy atom. The number of carbonyl (C=O) groups excluding carboxylic acids is 3. The SMILES string of the molecule is O=C(NCCCN1C(=O)c2ccccc2C1=O)NCCc1ccccc1F. The van der Waals surface area contributed by atoms with Gasteiger partial charge in [0.25, 0.3) is 11.8 Å². The van der Waals surface area contributed by atoms with Crippen LogP contribution in [0.5, 0.6) is 0 Å². The van der Waals surface area contributed by atoms with Crippen molar-refractivity contribution in [2.45, 2.75) is 12.8 Å². The zero-order valence-corrected chi connectivity index (χ0v) is 14.7. The summed E-state index contributed by atoms with van der Waals surface area (Å²) in [6.07, 6.45) is 0.849. The number of carbonyl (C=O) groups is 3. The van der Waals surface area contributed by atoms with Gasteiger partial charge in [0.15, 0.2) is 0 Å². The van der Waals surface area contributed by atoms with E-state index in [0.29, 0.717) is 42.6 Å². The van der Waals surface area contributed by atoms with E-state index in [9.17, 15) is 18.8 Å². The largest absolute Gasteiger partial charge is 0.338 e. The number of halogens is 1. The topological polar surface area (TPSA) is 78.5 Å². The second-order valence-corrected chi connectivity index (χ2v) is 6.19. The molecule has 140 valence electrons. The van der Waals surface area contributed by atoms with Crippen LogP contribution in [-0.4, -0.2) is 42.4 Å². The second kappa shape index (κ2) is 8.44. The van der Waals surface area contributed by atoms with Gasteiger partial charge < -0.3 is 10.6 Å². The molecule has 1 aliphatic heterocycles. The van der Waals surface area contributed by atoms with Crippen LogP contribution in [0.3, 0.4) is 0 Å². The fourth-order valence-electron chi connectivity index (χ4n) is 2.96. The van der Waals surface area contributed by atoms with Gasteiger partial charge in [0.2, 0.25) is 0 Å². The number of amides is 4. The molecule has 27 heavy (non-hydrogen) atoms. The molecule has 1 heterocycles. The summed E-state index contributed by atoms with van der Waals surface area (Å²) in [6.45, 7) is 0.867. The smallest absolute Gasteiger partial charge is 0.314 e. The van der Waals surface area contributed by atoms with Crippen LogP contribution in [-0.2, 0) is 6.42 Å². The third-order valence-corrected chi connectivity index (χ3v) is 4.36. The third-order valence-electron chi connectivity index (χ3n) is 4.36. The molecule has 2 aromatic carbocycles. The first kappa shape index (κ1) is 18.6. The molecule has 2 N–H and O–H groups in total. The predicted octanol–water partition coefficient (Wildman–Crippen LogP) is 2.35. The van der Waals surface area contributed by atoms with Gasteiger partial charge >= 0.3 is 6.03 Å². The van der Waals surface area contributed by atoms with Crippen LogP contribution >= 0.6 is 0 Å². The Labute approximate surface area is 156 Å². The molecular formula is C20H20FN3O3. The van der Waals surface area contributed by atoms with Gasteiger partial charge in [-0.25, -0.2) is 9.18 Å². The van der Waals surface area contributed by atoms with Crippen LogP contribution in [0.25, 0.3) is 0 Å². The van der Waals surface area contributed by atoms with Crippen molar-refractivity contribution in [2.24, 2.45) is 0 Å². The molecule has 0 aromatic heterocycles. The summed E-state index contributed by atoms with van der Waals surface area (Å²) in [5, 5.41) is 5.32. The lowest BCUT2D eigenvalue weighted by Crippen LogP contribution is -2.39. The minimum absolute atomic E-state index is 0.238. The molecule has 4 amide bonds. The minimum Gasteiger partial charge on any atom is -0.338 e. The predicted molar refractivity (Wildman–Crippen MR) is 97.9 cm³/mol. The van der Waals surface area contributed by atoms with Gasteiger partial charge in [-0.05, 0) is 36.6 Å². The highest BCUT2D eigenvalue weighted by Crippen LogP contribution is 2.22. The Morgan fingerprint density at radius 2 is 1.48 bits per heavy atom. The fraction of sp³-hybridized carbons (Fsp3) is 0.250. The van der Waals surface area contributed by atoms with Crippen molar-refractivity contribution in [2.75, 3.05) is 19.6 Å². The minimum atomic E-state index is -0.367. The van der Waals surface area contributed by atoms with Crippen molar-refractivity contribution < 1.29 is 18.8 Å². The molecule has 0 atom stereocenters. The number of hydrogen-bond donors (Lipinski definition) is 2. The van der Waals surface area contributed by atoms with Crippen LogP contribution in [0.1, 0.15) is 32.7 Å². The van der Waals surface area contributed by atoms with E-state index in [0.717, 1.165) is 0 Å². The van der Waals surface area contributed by atoms with E-state index in [4.69, 9.17) is 0 Å². The average molecular weight is 369 g/mol. The fourth-order valence-corrected chi connectivity index (χ4v) is 2.96. The number of urea groups is 1. The van der Waals surface area contributed by atoms with Gasteiger partial charge in [0, 0.05) is 19.6 Å². The van der Waals surface area contributed by atoms with E-state index >= 15 is 0 Å². The highest BCUT2D eigenvalue weighted by Gasteiger charge is 2.34. The van der Waals surface area contributed by atoms with Crippen molar-refractivity contribution in [3.63, 3.8) is 0 Å². The third kappa shape index (κ3) is 4.31. The lowest BCUT2D eigenvalue weighted by molar-refractivity contribution is 0.0653. The van der Waals surface area contributed by atoms with Gasteiger partial charge in [-0.2, -0.15) is 0 Å². The van der Waals surface area contributed by atoms with Gasteiger partial charge in [0.1, 0.15) is 5.82 Å². The maximum atomic E-state index is 13.5. The first-order valence-electron chi connectivity index (χ1n) is 8.78. The summed E-state index contributed by atoms with van der Waals surface area (Å²) in [4.78, 5) is 37.4. The molecule has 0 aliphatic carbocycles. The summed E-state index contributed by atoms with van der Waals surface area (Å²) < 4.78 is 13.5. The molecule has 3 rings (SSSR count). The number of fused-ring (bicyclic) bond motifs is 1. The molecule has 6 nitrogen and oxygen atoms in total. The number of rotatable bonds is 7. The lowest BCUT2D eigenvalue weighted by atomic mass is 10.1. The highest BCUT2D eigenvalue weighted by molar-refractivity contribution is 6.21. The Bertz CT molecular complexity index is 834. The maximum Gasteiger partial charge on any atom is 0.314 e. The van der Waals surface area contributed by atoms with Gasteiger partial charge in [0.05, 0.1) is 11.1 Å². The number of imide groups is 1. The molecule has 1 aliphatic rings. The number of benzene rings is 2. The molecule has 0 saturated carbocycles. The van der Waals surface area contributed by atoms with E-state index in [1.54, 1.807) is 42.5 Å². The summed E-state index contributed by atoms with van der Waals surface area (Å²) >= 11 is 0. The summed E-state index contributed by atoms with van der Waals surface area (Å²) in [6, 6.07) is 12.8. The zero-order chi connectivity index (χ0) is 19.2. The van der Waals surface area contributed by atoms with E-state index in [2.05, 4.69) is 10.6 Å². The van der Waals surface area contributed by atoms with Gasteiger partial charge in [-0.15, -0.1) is 0 Å². The molecule has 0 radical (unpaired) electrons. The molecule has 0 saturated heterocycles. The van der Waals surface area contributed by atoms with Crippen LogP contribution in [0.15, 0.2) is 48.5 Å². The summed E-state index contributed by atoms with van der Waals surface area (Å²) in [5.41, 5.74) is 1.38. The van der Waals surface area contributed by atoms with Crippen LogP contribution < -0.4 is 10.6 Å². The average Bonchev–Trinajstić information content (AvgIpc) is 2.91. The molecule has 2 aromatic rings. The zero-order valence-electron chi connectivity index (χ0n) is 14.7. The number of hydrogen-bond acceptors (Lipinski definition) is 3. The maximum absolute atomic E-state index is 13.5. The van der Waals surface area contributed by atoms with Crippen molar-refractivity contribution >= 4 is 17.8 Å². The van der Waals surface area contributed by atoms with Gasteiger partial charge in [-0.1, -0.05) is 30.3 Å². The Kier molecular flexibility index (Phi) is 5.80. The molecule has 7 heteroatoms. The van der Waals surface area contributed by atoms with E-state index in [-0.39, 0.29) is 30.2 Å². The van der Waals surface area contributed by atoms with E-state index in [1.807, 2.05) is 0 Å². The molecular weight excluding hydrogens is 349 g/mol. The highest BCUT2D eigenvalue weighted by atomic mass is 19.1. The van der Waals surface area contributed by atoms with E-state index in [1.165, 1.54) is 11.0 Å².